The summed E-state index contributed by atoms with van der Waals surface area (Å²) in [5.41, 5.74) is 1.59. The number of hydrogen-bond acceptors (Lipinski definition) is 6. The van der Waals surface area contributed by atoms with E-state index in [1.807, 2.05) is 76.2 Å². The Hall–Kier alpha value is -3.68. The molecule has 8 nitrogen and oxygen atoms in total. The van der Waals surface area contributed by atoms with E-state index in [1.165, 1.54) is 9.80 Å². The Kier molecular flexibility index (Phi) is 8.49. The van der Waals surface area contributed by atoms with Crippen LogP contribution in [-0.4, -0.2) is 58.7 Å². The molecule has 4 amide bonds. The molecule has 0 N–H and O–H groups in total. The third-order valence-electron chi connectivity index (χ3n) is 6.81. The summed E-state index contributed by atoms with van der Waals surface area (Å²) in [6.07, 6.45) is 1.45. The molecular formula is C30H36N2O6. The minimum atomic E-state index is -0.490. The normalized spacial score (nSPS) is 19.8. The molecule has 2 heterocycles. The molecule has 38 heavy (non-hydrogen) atoms. The summed E-state index contributed by atoms with van der Waals surface area (Å²) in [5.74, 6) is -0.324. The summed E-state index contributed by atoms with van der Waals surface area (Å²) in [6, 6.07) is 14.6. The van der Waals surface area contributed by atoms with E-state index in [0.29, 0.717) is 12.8 Å². The second-order valence-corrected chi connectivity index (χ2v) is 10.5. The van der Waals surface area contributed by atoms with E-state index >= 15 is 0 Å². The van der Waals surface area contributed by atoms with Crippen LogP contribution < -0.4 is 9.47 Å². The molecule has 4 rings (SSSR count). The number of hydrogen-bond donors (Lipinski definition) is 0. The maximum atomic E-state index is 13.0. The van der Waals surface area contributed by atoms with Crippen molar-refractivity contribution < 1.29 is 28.7 Å². The highest BCUT2D eigenvalue weighted by atomic mass is 16.5. The lowest BCUT2D eigenvalue weighted by molar-refractivity contribution is -0.141. The average Bonchev–Trinajstić information content (AvgIpc) is 3.31. The minimum Gasteiger partial charge on any atom is -0.491 e. The van der Waals surface area contributed by atoms with Crippen LogP contribution in [-0.2, 0) is 19.2 Å². The number of imide groups is 2. The van der Waals surface area contributed by atoms with Gasteiger partial charge in [-0.05, 0) is 75.9 Å². The molecule has 2 saturated heterocycles. The van der Waals surface area contributed by atoms with Crippen molar-refractivity contribution in [1.29, 1.82) is 0 Å². The van der Waals surface area contributed by atoms with Gasteiger partial charge < -0.3 is 9.47 Å². The maximum absolute atomic E-state index is 13.0. The third-order valence-corrected chi connectivity index (χ3v) is 6.81. The van der Waals surface area contributed by atoms with Crippen molar-refractivity contribution in [2.24, 2.45) is 0 Å². The molecule has 0 aromatic heterocycles. The lowest BCUT2D eigenvalue weighted by Gasteiger charge is -2.18. The van der Waals surface area contributed by atoms with Crippen molar-refractivity contribution in [3.63, 3.8) is 0 Å². The molecule has 2 atom stereocenters. The summed E-state index contributed by atoms with van der Waals surface area (Å²) in [6.45, 7) is 8.34. The fraction of sp³-hybridized carbons (Fsp3) is 0.467. The molecule has 8 heteroatoms. The predicted molar refractivity (Wildman–Crippen MR) is 142 cm³/mol. The Balaban J connectivity index is 1.27. The number of carbonyl (C=O) groups is 4. The largest absolute Gasteiger partial charge is 0.491 e. The van der Waals surface area contributed by atoms with Gasteiger partial charge in [0.1, 0.15) is 11.5 Å². The van der Waals surface area contributed by atoms with Gasteiger partial charge in [-0.25, -0.2) is 0 Å². The van der Waals surface area contributed by atoms with E-state index in [4.69, 9.17) is 9.47 Å². The van der Waals surface area contributed by atoms with E-state index in [-0.39, 0.29) is 61.8 Å². The molecule has 0 unspecified atom stereocenters. The van der Waals surface area contributed by atoms with E-state index < -0.39 is 11.8 Å². The zero-order valence-corrected chi connectivity index (χ0v) is 22.5. The minimum absolute atomic E-state index is 0.0549. The SMILES string of the molecule is CC(C)Oc1ccc([C@@H]2CC(=O)N(CCCCN3C(=O)C[C@H](c4ccc(OC(C)C)cc4)C3=O)C2=O)cc1. The van der Waals surface area contributed by atoms with Gasteiger partial charge >= 0.3 is 0 Å². The van der Waals surface area contributed by atoms with E-state index in [0.717, 1.165) is 22.6 Å². The second kappa shape index (κ2) is 11.8. The Labute approximate surface area is 223 Å². The third kappa shape index (κ3) is 6.23. The smallest absolute Gasteiger partial charge is 0.237 e. The lowest BCUT2D eigenvalue weighted by Crippen LogP contribution is -2.33. The number of ether oxygens (including phenoxy) is 2. The molecular weight excluding hydrogens is 484 g/mol. The van der Waals surface area contributed by atoms with Crippen molar-refractivity contribution >= 4 is 23.6 Å². The molecule has 2 aromatic rings. The Morgan fingerprint density at radius 3 is 1.29 bits per heavy atom. The van der Waals surface area contributed by atoms with Gasteiger partial charge in [-0.2, -0.15) is 0 Å². The van der Waals surface area contributed by atoms with Gasteiger partial charge in [0, 0.05) is 25.9 Å². The predicted octanol–water partition coefficient (Wildman–Crippen LogP) is 4.43. The number of likely N-dealkylation sites (tertiary alicyclic amines) is 2. The van der Waals surface area contributed by atoms with Crippen LogP contribution in [0.15, 0.2) is 48.5 Å². The highest BCUT2D eigenvalue weighted by molar-refractivity contribution is 6.07. The first-order chi connectivity index (χ1) is 18.1. The van der Waals surface area contributed by atoms with Gasteiger partial charge in [-0.15, -0.1) is 0 Å². The molecule has 0 radical (unpaired) electrons. The molecule has 0 spiro atoms. The van der Waals surface area contributed by atoms with Gasteiger partial charge in [0.25, 0.3) is 0 Å². The first-order valence-corrected chi connectivity index (χ1v) is 13.4. The first-order valence-electron chi connectivity index (χ1n) is 13.4. The Bertz CT molecular complexity index is 1080. The number of unbranched alkanes of at least 4 members (excludes halogenated alkanes) is 1. The molecule has 2 aliphatic rings. The van der Waals surface area contributed by atoms with Gasteiger partial charge in [-0.3, -0.25) is 29.0 Å². The zero-order chi connectivity index (χ0) is 27.4. The lowest BCUT2D eigenvalue weighted by atomic mass is 9.97. The van der Waals surface area contributed by atoms with Gasteiger partial charge in [0.2, 0.25) is 23.6 Å². The van der Waals surface area contributed by atoms with E-state index in [9.17, 15) is 19.2 Å². The zero-order valence-electron chi connectivity index (χ0n) is 22.5. The summed E-state index contributed by atoms with van der Waals surface area (Å²) in [7, 11) is 0. The van der Waals surface area contributed by atoms with Crippen molar-refractivity contribution in [3.05, 3.63) is 59.7 Å². The van der Waals surface area contributed by atoms with Crippen molar-refractivity contribution in [3.8, 4) is 11.5 Å². The Morgan fingerprint density at radius 1 is 0.632 bits per heavy atom. The van der Waals surface area contributed by atoms with E-state index in [2.05, 4.69) is 0 Å². The van der Waals surface area contributed by atoms with Crippen LogP contribution in [0.3, 0.4) is 0 Å². The topological polar surface area (TPSA) is 93.2 Å². The molecule has 0 saturated carbocycles. The number of carbonyl (C=O) groups excluding carboxylic acids is 4. The van der Waals surface area contributed by atoms with Crippen LogP contribution in [0.4, 0.5) is 0 Å². The highest BCUT2D eigenvalue weighted by Gasteiger charge is 2.40. The van der Waals surface area contributed by atoms with Crippen LogP contribution in [0.25, 0.3) is 0 Å². The van der Waals surface area contributed by atoms with Crippen LogP contribution >= 0.6 is 0 Å². The average molecular weight is 521 g/mol. The number of benzene rings is 2. The molecule has 2 aliphatic heterocycles. The second-order valence-electron chi connectivity index (χ2n) is 10.5. The fourth-order valence-electron chi connectivity index (χ4n) is 5.00. The summed E-state index contributed by atoms with van der Waals surface area (Å²) in [4.78, 5) is 53.7. The van der Waals surface area contributed by atoms with Crippen LogP contribution in [0, 0.1) is 0 Å². The molecule has 0 aliphatic carbocycles. The molecule has 202 valence electrons. The molecule has 2 aromatic carbocycles. The first kappa shape index (κ1) is 27.4. The van der Waals surface area contributed by atoms with Gasteiger partial charge in [-0.1, -0.05) is 24.3 Å². The van der Waals surface area contributed by atoms with Crippen molar-refractivity contribution in [1.82, 2.24) is 9.80 Å². The standard InChI is InChI=1S/C30H36N2O6/c1-19(2)37-23-11-7-21(8-12-23)25-17-27(33)31(29(25)35)15-5-6-16-32-28(34)18-26(30(32)36)22-9-13-24(14-10-22)38-20(3)4/h7-14,19-20,25-26H,5-6,15-18H2,1-4H3/t25-,26+. The molecule has 0 bridgehead atoms. The summed E-state index contributed by atoms with van der Waals surface area (Å²) < 4.78 is 11.3. The monoisotopic (exact) mass is 520 g/mol. The fourth-order valence-corrected chi connectivity index (χ4v) is 5.00. The van der Waals surface area contributed by atoms with Gasteiger partial charge in [0.15, 0.2) is 0 Å². The van der Waals surface area contributed by atoms with Crippen LogP contribution in [0.1, 0.15) is 76.3 Å². The number of rotatable bonds is 11. The van der Waals surface area contributed by atoms with Crippen molar-refractivity contribution in [2.45, 2.75) is 77.4 Å². The quantitative estimate of drug-likeness (QED) is 0.322. The maximum Gasteiger partial charge on any atom is 0.237 e. The van der Waals surface area contributed by atoms with Crippen LogP contribution in [0.2, 0.25) is 0 Å². The molecule has 2 fully saturated rings. The summed E-state index contributed by atoms with van der Waals surface area (Å²) in [5, 5.41) is 0. The number of amides is 4. The summed E-state index contributed by atoms with van der Waals surface area (Å²) >= 11 is 0. The Morgan fingerprint density at radius 2 is 0.974 bits per heavy atom. The van der Waals surface area contributed by atoms with Crippen molar-refractivity contribution in [2.75, 3.05) is 13.1 Å². The van der Waals surface area contributed by atoms with Gasteiger partial charge in [0.05, 0.1) is 24.0 Å². The highest BCUT2D eigenvalue weighted by Crippen LogP contribution is 2.33. The number of nitrogens with zero attached hydrogens (tertiary/aromatic N) is 2. The van der Waals surface area contributed by atoms with Crippen LogP contribution in [0.5, 0.6) is 11.5 Å². The van der Waals surface area contributed by atoms with E-state index in [1.54, 1.807) is 0 Å².